The fourth-order valence-corrected chi connectivity index (χ4v) is 4.25. The van der Waals surface area contributed by atoms with E-state index < -0.39 is 10.1 Å². The summed E-state index contributed by atoms with van der Waals surface area (Å²) in [5.74, 6) is 0.0890. The van der Waals surface area contributed by atoms with Gasteiger partial charge in [-0.2, -0.15) is 8.42 Å². The predicted octanol–water partition coefficient (Wildman–Crippen LogP) is 3.48. The highest BCUT2D eigenvalue weighted by molar-refractivity contribution is 9.11. The molecule has 19 heavy (non-hydrogen) atoms. The maximum atomic E-state index is 11.9. The van der Waals surface area contributed by atoms with Gasteiger partial charge in [0.2, 0.25) is 0 Å². The fourth-order valence-electron chi connectivity index (χ4n) is 1.35. The van der Waals surface area contributed by atoms with Crippen molar-refractivity contribution in [2.75, 3.05) is 0 Å². The fraction of sp³-hybridized carbons (Fsp3) is 0.0833. The predicted molar refractivity (Wildman–Crippen MR) is 76.3 cm³/mol. The summed E-state index contributed by atoms with van der Waals surface area (Å²) in [6.45, 7) is 1.44. The molecule has 100 valence electrons. The van der Waals surface area contributed by atoms with Crippen LogP contribution in [0, 0.1) is 0 Å². The number of Topliss-reactive ketones (excluding diaryl/α,β-unsaturated/α-hetero) is 1. The lowest BCUT2D eigenvalue weighted by atomic mass is 10.1. The first kappa shape index (κ1) is 14.2. The van der Waals surface area contributed by atoms with Gasteiger partial charge in [0.05, 0.1) is 3.79 Å². The molecule has 2 aromatic rings. The van der Waals surface area contributed by atoms with E-state index in [0.717, 1.165) is 11.3 Å². The second-order valence-corrected chi connectivity index (χ2v) is 7.91. The summed E-state index contributed by atoms with van der Waals surface area (Å²) in [6.07, 6.45) is 0. The molecule has 4 nitrogen and oxygen atoms in total. The first-order valence-electron chi connectivity index (χ1n) is 5.19. The minimum Gasteiger partial charge on any atom is -0.378 e. The molecule has 1 aromatic carbocycles. The molecule has 0 amide bonds. The van der Waals surface area contributed by atoms with Gasteiger partial charge in [0.1, 0.15) is 5.75 Å². The monoisotopic (exact) mass is 360 g/mol. The van der Waals surface area contributed by atoms with Crippen molar-refractivity contribution in [1.82, 2.24) is 0 Å². The van der Waals surface area contributed by atoms with Crippen molar-refractivity contribution >= 4 is 43.2 Å². The van der Waals surface area contributed by atoms with E-state index in [-0.39, 0.29) is 15.7 Å². The third kappa shape index (κ3) is 3.43. The summed E-state index contributed by atoms with van der Waals surface area (Å²) in [4.78, 5) is 11.1. The van der Waals surface area contributed by atoms with Gasteiger partial charge in [-0.15, -0.1) is 11.3 Å². The number of benzene rings is 1. The van der Waals surface area contributed by atoms with Crippen LogP contribution in [0.4, 0.5) is 0 Å². The lowest BCUT2D eigenvalue weighted by molar-refractivity contribution is 0.101. The van der Waals surface area contributed by atoms with E-state index in [1.54, 1.807) is 6.07 Å². The molecule has 0 bridgehead atoms. The molecular weight excluding hydrogens is 352 g/mol. The number of carbonyl (C=O) groups excluding carboxylic acids is 1. The number of rotatable bonds is 4. The van der Waals surface area contributed by atoms with Crippen LogP contribution in [0.2, 0.25) is 0 Å². The number of hydrogen-bond acceptors (Lipinski definition) is 5. The summed E-state index contributed by atoms with van der Waals surface area (Å²) >= 11 is 4.27. The standard InChI is InChI=1S/C12H9BrO4S2/c1-8(14)9-2-4-10(5-3-9)17-19(15,16)12-7-6-11(13)18-12/h2-7H,1H3. The lowest BCUT2D eigenvalue weighted by Crippen LogP contribution is -2.08. The molecule has 0 aliphatic carbocycles. The molecule has 0 aliphatic heterocycles. The van der Waals surface area contributed by atoms with Crippen LogP contribution in [0.5, 0.6) is 5.75 Å². The quantitative estimate of drug-likeness (QED) is 0.618. The Morgan fingerprint density at radius 3 is 2.26 bits per heavy atom. The van der Waals surface area contributed by atoms with Gasteiger partial charge in [0.15, 0.2) is 9.99 Å². The van der Waals surface area contributed by atoms with Gasteiger partial charge in [-0.3, -0.25) is 4.79 Å². The van der Waals surface area contributed by atoms with Crippen molar-refractivity contribution < 1.29 is 17.4 Å². The SMILES string of the molecule is CC(=O)c1ccc(OS(=O)(=O)c2ccc(Br)s2)cc1. The molecule has 0 atom stereocenters. The summed E-state index contributed by atoms with van der Waals surface area (Å²) in [7, 11) is -3.82. The third-order valence-corrected chi connectivity index (χ3v) is 5.58. The van der Waals surface area contributed by atoms with Gasteiger partial charge in [-0.25, -0.2) is 0 Å². The van der Waals surface area contributed by atoms with Crippen molar-refractivity contribution in [1.29, 1.82) is 0 Å². The minimum absolute atomic E-state index is 0.0865. The van der Waals surface area contributed by atoms with E-state index in [1.165, 1.54) is 37.3 Å². The van der Waals surface area contributed by atoms with Crippen LogP contribution in [0.3, 0.4) is 0 Å². The normalized spacial score (nSPS) is 11.3. The zero-order valence-electron chi connectivity index (χ0n) is 9.79. The highest BCUT2D eigenvalue weighted by Gasteiger charge is 2.19. The van der Waals surface area contributed by atoms with Crippen LogP contribution in [-0.4, -0.2) is 14.2 Å². The third-order valence-electron chi connectivity index (χ3n) is 2.26. The summed E-state index contributed by atoms with van der Waals surface area (Å²) in [5, 5.41) is 0. The number of hydrogen-bond donors (Lipinski definition) is 0. The lowest BCUT2D eigenvalue weighted by Gasteiger charge is -2.05. The van der Waals surface area contributed by atoms with E-state index in [1.807, 2.05) is 0 Å². The highest BCUT2D eigenvalue weighted by Crippen LogP contribution is 2.28. The first-order valence-corrected chi connectivity index (χ1v) is 8.21. The summed E-state index contributed by atoms with van der Waals surface area (Å²) < 4.78 is 29.7. The van der Waals surface area contributed by atoms with E-state index in [9.17, 15) is 13.2 Å². The van der Waals surface area contributed by atoms with Crippen molar-refractivity contribution in [3.05, 3.63) is 45.7 Å². The van der Waals surface area contributed by atoms with Crippen LogP contribution < -0.4 is 4.18 Å². The molecule has 0 radical (unpaired) electrons. The Hall–Kier alpha value is -1.18. The highest BCUT2D eigenvalue weighted by atomic mass is 79.9. The minimum atomic E-state index is -3.82. The molecule has 7 heteroatoms. The smallest absolute Gasteiger partial charge is 0.348 e. The van der Waals surface area contributed by atoms with Crippen molar-refractivity contribution in [3.63, 3.8) is 0 Å². The van der Waals surface area contributed by atoms with E-state index in [2.05, 4.69) is 15.9 Å². The maximum Gasteiger partial charge on any atom is 0.348 e. The largest absolute Gasteiger partial charge is 0.378 e. The molecular formula is C12H9BrO4S2. The van der Waals surface area contributed by atoms with Crippen LogP contribution in [0.25, 0.3) is 0 Å². The second-order valence-electron chi connectivity index (χ2n) is 3.68. The van der Waals surface area contributed by atoms with E-state index in [0.29, 0.717) is 9.35 Å². The summed E-state index contributed by atoms with van der Waals surface area (Å²) in [5.41, 5.74) is 0.503. The number of ketones is 1. The Morgan fingerprint density at radius 1 is 1.16 bits per heavy atom. The molecule has 0 fully saturated rings. The molecule has 0 N–H and O–H groups in total. The molecule has 0 saturated heterocycles. The van der Waals surface area contributed by atoms with E-state index in [4.69, 9.17) is 4.18 Å². The van der Waals surface area contributed by atoms with Crippen LogP contribution in [-0.2, 0) is 10.1 Å². The van der Waals surface area contributed by atoms with Crippen molar-refractivity contribution in [3.8, 4) is 5.75 Å². The zero-order valence-corrected chi connectivity index (χ0v) is 13.0. The van der Waals surface area contributed by atoms with Gasteiger partial charge in [0, 0.05) is 5.56 Å². The van der Waals surface area contributed by atoms with Gasteiger partial charge in [0.25, 0.3) is 0 Å². The summed E-state index contributed by atoms with van der Waals surface area (Å²) in [6, 6.07) is 9.07. The Morgan fingerprint density at radius 2 is 1.79 bits per heavy atom. The van der Waals surface area contributed by atoms with Crippen molar-refractivity contribution in [2.45, 2.75) is 11.1 Å². The van der Waals surface area contributed by atoms with Gasteiger partial charge < -0.3 is 4.18 Å². The average Bonchev–Trinajstić information content (AvgIpc) is 2.77. The maximum absolute atomic E-state index is 11.9. The van der Waals surface area contributed by atoms with Crippen LogP contribution in [0.1, 0.15) is 17.3 Å². The van der Waals surface area contributed by atoms with E-state index >= 15 is 0 Å². The molecule has 2 rings (SSSR count). The van der Waals surface area contributed by atoms with Gasteiger partial charge in [-0.1, -0.05) is 0 Å². The molecule has 0 unspecified atom stereocenters. The molecule has 0 spiro atoms. The number of carbonyl (C=O) groups is 1. The van der Waals surface area contributed by atoms with Crippen LogP contribution >= 0.6 is 27.3 Å². The van der Waals surface area contributed by atoms with Gasteiger partial charge >= 0.3 is 10.1 Å². The van der Waals surface area contributed by atoms with Crippen molar-refractivity contribution in [2.24, 2.45) is 0 Å². The number of thiophene rings is 1. The first-order chi connectivity index (χ1) is 8.88. The average molecular weight is 361 g/mol. The number of halogens is 1. The Balaban J connectivity index is 2.23. The Kier molecular flexibility index (Phi) is 4.07. The zero-order chi connectivity index (χ0) is 14.0. The second kappa shape index (κ2) is 5.44. The van der Waals surface area contributed by atoms with Crippen LogP contribution in [0.15, 0.2) is 44.4 Å². The molecule has 1 heterocycles. The Labute approximate surface area is 123 Å². The molecule has 1 aromatic heterocycles. The topological polar surface area (TPSA) is 60.4 Å². The Bertz CT molecular complexity index is 702. The molecule has 0 aliphatic rings. The van der Waals surface area contributed by atoms with Gasteiger partial charge in [-0.05, 0) is 59.3 Å². The molecule has 0 saturated carbocycles.